The third kappa shape index (κ3) is 5.56. The highest BCUT2D eigenvalue weighted by Crippen LogP contribution is 2.23. The van der Waals surface area contributed by atoms with Crippen LogP contribution in [0.5, 0.6) is 0 Å². The Labute approximate surface area is 152 Å². The molecule has 0 spiro atoms. The van der Waals surface area contributed by atoms with Crippen LogP contribution in [0, 0.1) is 0 Å². The maximum Gasteiger partial charge on any atom is 0.134 e. The number of nitrogens with one attached hydrogen (secondary N) is 1. The Kier molecular flexibility index (Phi) is 8.13. The number of furan rings is 1. The third-order valence-corrected chi connectivity index (χ3v) is 3.37. The maximum absolute atomic E-state index is 5.88. The molecular weight excluding hydrogens is 355 g/mol. The molecule has 0 aliphatic rings. The van der Waals surface area contributed by atoms with E-state index in [-0.39, 0.29) is 24.8 Å². The van der Waals surface area contributed by atoms with Crippen molar-refractivity contribution < 1.29 is 4.42 Å². The topological polar surface area (TPSA) is 38.1 Å². The highest BCUT2D eigenvalue weighted by Gasteiger charge is 2.04. The summed E-state index contributed by atoms with van der Waals surface area (Å²) in [5.41, 5.74) is 2.04. The first-order chi connectivity index (χ1) is 10.3. The molecule has 1 N–H and O–H groups in total. The smallest absolute Gasteiger partial charge is 0.134 e. The van der Waals surface area contributed by atoms with Crippen molar-refractivity contribution in [3.63, 3.8) is 0 Å². The van der Waals surface area contributed by atoms with Gasteiger partial charge in [-0.05, 0) is 48.5 Å². The number of hydrogen-bond donors (Lipinski definition) is 1. The molecule has 0 saturated carbocycles. The summed E-state index contributed by atoms with van der Waals surface area (Å²) >= 11 is 5.88. The van der Waals surface area contributed by atoms with Crippen LogP contribution in [-0.2, 0) is 13.1 Å². The molecule has 0 atom stereocenters. The Morgan fingerprint density at radius 1 is 0.913 bits per heavy atom. The Bertz CT molecular complexity index is 699. The van der Waals surface area contributed by atoms with Crippen molar-refractivity contribution in [2.45, 2.75) is 13.1 Å². The van der Waals surface area contributed by atoms with Crippen LogP contribution in [0.25, 0.3) is 11.3 Å². The summed E-state index contributed by atoms with van der Waals surface area (Å²) in [6.07, 6.45) is 1.79. The predicted octanol–water partition coefficient (Wildman–Crippen LogP) is 5.13. The van der Waals surface area contributed by atoms with Crippen molar-refractivity contribution in [3.8, 4) is 11.3 Å². The first kappa shape index (κ1) is 19.5. The summed E-state index contributed by atoms with van der Waals surface area (Å²) in [5.74, 6) is 1.75. The minimum absolute atomic E-state index is 0. The van der Waals surface area contributed by atoms with E-state index in [9.17, 15) is 0 Å². The Balaban J connectivity index is 0.00000132. The first-order valence-electron chi connectivity index (χ1n) is 6.76. The minimum atomic E-state index is 0. The lowest BCUT2D eigenvalue weighted by atomic mass is 10.2. The SMILES string of the molecule is Cl.Cl.Clc1ccc(-c2ccc(CNCc3ccccn3)o2)cc1. The van der Waals surface area contributed by atoms with Crippen LogP contribution >= 0.6 is 36.4 Å². The average molecular weight is 372 g/mol. The van der Waals surface area contributed by atoms with E-state index in [4.69, 9.17) is 16.0 Å². The molecule has 0 bridgehead atoms. The van der Waals surface area contributed by atoms with Crippen LogP contribution in [0.1, 0.15) is 11.5 Å². The quantitative estimate of drug-likeness (QED) is 0.675. The lowest BCUT2D eigenvalue weighted by molar-refractivity contribution is 0.492. The largest absolute Gasteiger partial charge is 0.460 e. The maximum atomic E-state index is 5.88. The number of aromatic nitrogens is 1. The predicted molar refractivity (Wildman–Crippen MR) is 98.4 cm³/mol. The van der Waals surface area contributed by atoms with Crippen molar-refractivity contribution in [1.29, 1.82) is 0 Å². The van der Waals surface area contributed by atoms with Crippen molar-refractivity contribution >= 4 is 36.4 Å². The average Bonchev–Trinajstić information content (AvgIpc) is 2.98. The van der Waals surface area contributed by atoms with Gasteiger partial charge in [0.25, 0.3) is 0 Å². The summed E-state index contributed by atoms with van der Waals surface area (Å²) in [6, 6.07) is 17.5. The molecule has 122 valence electrons. The van der Waals surface area contributed by atoms with E-state index < -0.39 is 0 Å². The van der Waals surface area contributed by atoms with Crippen LogP contribution in [0.3, 0.4) is 0 Å². The summed E-state index contributed by atoms with van der Waals surface area (Å²) in [4.78, 5) is 4.27. The monoisotopic (exact) mass is 370 g/mol. The zero-order valence-corrected chi connectivity index (χ0v) is 14.6. The summed E-state index contributed by atoms with van der Waals surface area (Å²) in [7, 11) is 0. The van der Waals surface area contributed by atoms with E-state index in [1.165, 1.54) is 0 Å². The van der Waals surface area contributed by atoms with Crippen molar-refractivity contribution in [2.75, 3.05) is 0 Å². The van der Waals surface area contributed by atoms with E-state index >= 15 is 0 Å². The number of nitrogens with zero attached hydrogens (tertiary/aromatic N) is 1. The molecule has 3 rings (SSSR count). The van der Waals surface area contributed by atoms with Gasteiger partial charge < -0.3 is 9.73 Å². The normalized spacial score (nSPS) is 9.78. The van der Waals surface area contributed by atoms with E-state index in [0.29, 0.717) is 6.54 Å². The second-order valence-corrected chi connectivity index (χ2v) is 5.13. The fraction of sp³-hybridized carbons (Fsp3) is 0.118. The van der Waals surface area contributed by atoms with Gasteiger partial charge in [-0.25, -0.2) is 0 Å². The second kappa shape index (κ2) is 9.58. The molecule has 0 saturated heterocycles. The molecule has 2 aromatic heterocycles. The highest BCUT2D eigenvalue weighted by atomic mass is 35.5. The molecule has 2 heterocycles. The zero-order chi connectivity index (χ0) is 14.5. The Morgan fingerprint density at radius 3 is 2.39 bits per heavy atom. The van der Waals surface area contributed by atoms with Crippen molar-refractivity contribution in [2.24, 2.45) is 0 Å². The van der Waals surface area contributed by atoms with Gasteiger partial charge in [-0.3, -0.25) is 4.98 Å². The Hall–Kier alpha value is -1.52. The van der Waals surface area contributed by atoms with Crippen LogP contribution < -0.4 is 5.32 Å². The third-order valence-electron chi connectivity index (χ3n) is 3.12. The number of rotatable bonds is 5. The van der Waals surface area contributed by atoms with Crippen LogP contribution in [0.4, 0.5) is 0 Å². The van der Waals surface area contributed by atoms with Gasteiger partial charge in [0.2, 0.25) is 0 Å². The van der Waals surface area contributed by atoms with Gasteiger partial charge >= 0.3 is 0 Å². The molecule has 0 amide bonds. The first-order valence-corrected chi connectivity index (χ1v) is 7.14. The lowest BCUT2D eigenvalue weighted by Gasteiger charge is -2.02. The Morgan fingerprint density at radius 2 is 1.70 bits per heavy atom. The van der Waals surface area contributed by atoms with Crippen LogP contribution in [-0.4, -0.2) is 4.98 Å². The molecule has 23 heavy (non-hydrogen) atoms. The molecular formula is C17H17Cl3N2O. The molecule has 0 aliphatic carbocycles. The highest BCUT2D eigenvalue weighted by molar-refractivity contribution is 6.30. The van der Waals surface area contributed by atoms with E-state index in [1.807, 2.05) is 54.6 Å². The fourth-order valence-electron chi connectivity index (χ4n) is 2.06. The van der Waals surface area contributed by atoms with Gasteiger partial charge in [-0.15, -0.1) is 24.8 Å². The number of halogens is 3. The summed E-state index contributed by atoms with van der Waals surface area (Å²) < 4.78 is 5.82. The number of pyridine rings is 1. The standard InChI is InChI=1S/C17H15ClN2O.2ClH/c18-14-6-4-13(5-7-14)17-9-8-16(21-17)12-19-11-15-3-1-2-10-20-15;;/h1-10,19H,11-12H2;2*1H. The number of benzene rings is 1. The fourth-order valence-corrected chi connectivity index (χ4v) is 2.18. The van der Waals surface area contributed by atoms with Gasteiger partial charge in [-0.2, -0.15) is 0 Å². The van der Waals surface area contributed by atoms with Crippen LogP contribution in [0.2, 0.25) is 5.02 Å². The van der Waals surface area contributed by atoms with E-state index in [0.717, 1.165) is 34.3 Å². The van der Waals surface area contributed by atoms with Crippen molar-refractivity contribution in [3.05, 3.63) is 77.3 Å². The van der Waals surface area contributed by atoms with Gasteiger partial charge in [0.05, 0.1) is 12.2 Å². The molecule has 3 aromatic rings. The summed E-state index contributed by atoms with van der Waals surface area (Å²) in [6.45, 7) is 1.39. The van der Waals surface area contributed by atoms with Gasteiger partial charge in [0, 0.05) is 23.3 Å². The molecule has 0 fully saturated rings. The van der Waals surface area contributed by atoms with Gasteiger partial charge in [0.1, 0.15) is 11.5 Å². The lowest BCUT2D eigenvalue weighted by Crippen LogP contribution is -2.12. The molecule has 3 nitrogen and oxygen atoms in total. The van der Waals surface area contributed by atoms with E-state index in [2.05, 4.69) is 10.3 Å². The molecule has 0 aliphatic heterocycles. The van der Waals surface area contributed by atoms with Crippen molar-refractivity contribution in [1.82, 2.24) is 10.3 Å². The molecule has 0 radical (unpaired) electrons. The van der Waals surface area contributed by atoms with Gasteiger partial charge in [-0.1, -0.05) is 17.7 Å². The number of hydrogen-bond acceptors (Lipinski definition) is 3. The minimum Gasteiger partial charge on any atom is -0.460 e. The second-order valence-electron chi connectivity index (χ2n) is 4.70. The van der Waals surface area contributed by atoms with E-state index in [1.54, 1.807) is 6.20 Å². The zero-order valence-electron chi connectivity index (χ0n) is 12.2. The summed E-state index contributed by atoms with van der Waals surface area (Å²) in [5, 5.41) is 4.04. The molecule has 6 heteroatoms. The molecule has 0 unspecified atom stereocenters. The van der Waals surface area contributed by atoms with Gasteiger partial charge in [0.15, 0.2) is 0 Å². The molecule has 1 aromatic carbocycles. The van der Waals surface area contributed by atoms with Crippen LogP contribution in [0.15, 0.2) is 65.2 Å².